The highest BCUT2D eigenvalue weighted by Crippen LogP contribution is 2.36. The van der Waals surface area contributed by atoms with E-state index < -0.39 is 5.91 Å². The first-order valence-corrected chi connectivity index (χ1v) is 14.4. The second-order valence-electron chi connectivity index (χ2n) is 9.79. The quantitative estimate of drug-likeness (QED) is 0.191. The minimum atomic E-state index is -0.433. The Balaban J connectivity index is 1.28. The van der Waals surface area contributed by atoms with E-state index in [1.54, 1.807) is 6.07 Å². The van der Waals surface area contributed by atoms with E-state index in [-0.39, 0.29) is 5.69 Å². The number of hydrogen-bond donors (Lipinski definition) is 1. The number of carbonyl (C=O) groups excluding carboxylic acids is 1. The van der Waals surface area contributed by atoms with E-state index in [1.807, 2.05) is 97.5 Å². The highest BCUT2D eigenvalue weighted by atomic mass is 32.1. The summed E-state index contributed by atoms with van der Waals surface area (Å²) in [5, 5.41) is 21.2. The number of nitrogens with zero attached hydrogens (tertiary/aromatic N) is 5. The highest BCUT2D eigenvalue weighted by molar-refractivity contribution is 7.18. The van der Waals surface area contributed by atoms with Crippen molar-refractivity contribution in [3.63, 3.8) is 0 Å². The Morgan fingerprint density at radius 1 is 0.952 bits per heavy atom. The smallest absolute Gasteiger partial charge is 0.279 e. The molecule has 9 nitrogen and oxygen atoms in total. The van der Waals surface area contributed by atoms with E-state index in [1.165, 1.54) is 16.9 Å². The molecule has 42 heavy (non-hydrogen) atoms. The van der Waals surface area contributed by atoms with Gasteiger partial charge in [-0.1, -0.05) is 65.9 Å². The van der Waals surface area contributed by atoms with E-state index in [9.17, 15) is 4.79 Å². The third-order valence-corrected chi connectivity index (χ3v) is 7.60. The van der Waals surface area contributed by atoms with Gasteiger partial charge in [-0.15, -0.1) is 10.2 Å². The second-order valence-corrected chi connectivity index (χ2v) is 10.8. The van der Waals surface area contributed by atoms with Gasteiger partial charge in [-0.2, -0.15) is 5.10 Å². The fraction of sp³-hybridized carbons (Fsp3) is 0.156. The monoisotopic (exact) mass is 576 g/mol. The first kappa shape index (κ1) is 27.1. The number of amides is 1. The zero-order chi connectivity index (χ0) is 29.1. The van der Waals surface area contributed by atoms with Crippen LogP contribution >= 0.6 is 11.3 Å². The molecule has 0 bridgehead atoms. The number of aryl methyl sites for hydroxylation is 2. The van der Waals surface area contributed by atoms with Crippen molar-refractivity contribution in [1.82, 2.24) is 25.1 Å². The van der Waals surface area contributed by atoms with Gasteiger partial charge in [0.05, 0.1) is 17.9 Å². The van der Waals surface area contributed by atoms with Gasteiger partial charge in [0.1, 0.15) is 11.4 Å². The zero-order valence-corrected chi connectivity index (χ0v) is 24.2. The number of benzene rings is 3. The summed E-state index contributed by atoms with van der Waals surface area (Å²) < 4.78 is 13.1. The molecule has 1 N–H and O–H groups in total. The molecule has 6 rings (SSSR count). The van der Waals surface area contributed by atoms with Gasteiger partial charge in [0, 0.05) is 23.4 Å². The van der Waals surface area contributed by atoms with Crippen LogP contribution in [0.1, 0.15) is 35.0 Å². The minimum Gasteiger partial charge on any atom is -0.494 e. The fourth-order valence-electron chi connectivity index (χ4n) is 4.37. The average Bonchev–Trinajstić information content (AvgIpc) is 3.78. The topological polar surface area (TPSA) is 108 Å². The van der Waals surface area contributed by atoms with Gasteiger partial charge in [-0.05, 0) is 61.7 Å². The van der Waals surface area contributed by atoms with Crippen LogP contribution in [0.4, 0.5) is 5.13 Å². The molecule has 0 saturated carbocycles. The summed E-state index contributed by atoms with van der Waals surface area (Å²) in [6.07, 6.45) is 2.84. The fourth-order valence-corrected chi connectivity index (χ4v) is 5.12. The van der Waals surface area contributed by atoms with Crippen molar-refractivity contribution in [2.24, 2.45) is 0 Å². The van der Waals surface area contributed by atoms with Crippen molar-refractivity contribution in [1.29, 1.82) is 0 Å². The van der Waals surface area contributed by atoms with Crippen molar-refractivity contribution >= 4 is 22.4 Å². The number of anilines is 1. The Hall–Kier alpha value is -5.09. The van der Waals surface area contributed by atoms with Crippen LogP contribution in [0.3, 0.4) is 0 Å². The van der Waals surface area contributed by atoms with Gasteiger partial charge in [0.15, 0.2) is 16.5 Å². The maximum absolute atomic E-state index is 13.0. The van der Waals surface area contributed by atoms with E-state index in [0.717, 1.165) is 45.8 Å². The number of hydrogen-bond acceptors (Lipinski definition) is 8. The lowest BCUT2D eigenvalue weighted by Crippen LogP contribution is -2.11. The number of para-hydroxylation sites is 1. The third kappa shape index (κ3) is 5.70. The summed E-state index contributed by atoms with van der Waals surface area (Å²) in [6, 6.07) is 25.3. The van der Waals surface area contributed by atoms with Crippen LogP contribution in [0, 0.1) is 13.8 Å². The summed E-state index contributed by atoms with van der Waals surface area (Å²) in [6.45, 7) is 6.78. The van der Waals surface area contributed by atoms with Crippen molar-refractivity contribution in [2.45, 2.75) is 27.2 Å². The van der Waals surface area contributed by atoms with Gasteiger partial charge in [0.25, 0.3) is 5.91 Å². The molecule has 0 aliphatic heterocycles. The Morgan fingerprint density at radius 2 is 1.81 bits per heavy atom. The molecule has 0 saturated heterocycles. The summed E-state index contributed by atoms with van der Waals surface area (Å²) >= 11 is 1.25. The number of carbonyl (C=O) groups is 1. The second kappa shape index (κ2) is 11.8. The SMILES string of the molecule is CCCOc1cccc(-c2nn(-c3ccccc3)cc2-c2nnc(NC(=O)c3cc(-c4ccc(C)c(C)c4)on3)s2)c1. The summed E-state index contributed by atoms with van der Waals surface area (Å²) in [5.74, 6) is 0.856. The van der Waals surface area contributed by atoms with Gasteiger partial charge in [-0.3, -0.25) is 10.1 Å². The van der Waals surface area contributed by atoms with Crippen LogP contribution in [0.25, 0.3) is 38.8 Å². The normalized spacial score (nSPS) is 11.0. The number of aromatic nitrogens is 5. The molecule has 3 aromatic carbocycles. The van der Waals surface area contributed by atoms with Gasteiger partial charge >= 0.3 is 0 Å². The zero-order valence-electron chi connectivity index (χ0n) is 23.4. The van der Waals surface area contributed by atoms with Crippen molar-refractivity contribution in [3.8, 4) is 44.6 Å². The molecule has 3 heterocycles. The van der Waals surface area contributed by atoms with Crippen LogP contribution in [0.5, 0.6) is 5.75 Å². The van der Waals surface area contributed by atoms with Crippen LogP contribution in [-0.2, 0) is 0 Å². The van der Waals surface area contributed by atoms with E-state index in [4.69, 9.17) is 14.4 Å². The molecule has 0 atom stereocenters. The van der Waals surface area contributed by atoms with E-state index >= 15 is 0 Å². The number of nitrogens with one attached hydrogen (secondary N) is 1. The lowest BCUT2D eigenvalue weighted by atomic mass is 10.0. The Labute approximate surface area is 246 Å². The first-order chi connectivity index (χ1) is 20.5. The maximum Gasteiger partial charge on any atom is 0.279 e. The Bertz CT molecular complexity index is 1860. The first-order valence-electron chi connectivity index (χ1n) is 13.6. The third-order valence-electron chi connectivity index (χ3n) is 6.73. The summed E-state index contributed by atoms with van der Waals surface area (Å²) in [4.78, 5) is 13.0. The molecule has 0 unspecified atom stereocenters. The molecule has 0 spiro atoms. The lowest BCUT2D eigenvalue weighted by Gasteiger charge is -2.06. The molecular weight excluding hydrogens is 548 g/mol. The molecule has 3 aromatic heterocycles. The molecule has 0 fully saturated rings. The molecule has 10 heteroatoms. The van der Waals surface area contributed by atoms with Gasteiger partial charge < -0.3 is 9.26 Å². The van der Waals surface area contributed by atoms with Gasteiger partial charge in [-0.25, -0.2) is 4.68 Å². The minimum absolute atomic E-state index is 0.154. The van der Waals surface area contributed by atoms with Crippen LogP contribution in [-0.4, -0.2) is 37.6 Å². The Morgan fingerprint density at radius 3 is 2.62 bits per heavy atom. The predicted molar refractivity (Wildman–Crippen MR) is 163 cm³/mol. The van der Waals surface area contributed by atoms with Crippen LogP contribution in [0.2, 0.25) is 0 Å². The molecule has 210 valence electrons. The van der Waals surface area contributed by atoms with Gasteiger partial charge in [0.2, 0.25) is 5.13 Å². The lowest BCUT2D eigenvalue weighted by molar-refractivity contribution is 0.101. The van der Waals surface area contributed by atoms with E-state index in [2.05, 4.69) is 27.6 Å². The summed E-state index contributed by atoms with van der Waals surface area (Å²) in [7, 11) is 0. The van der Waals surface area contributed by atoms with Crippen molar-refractivity contribution in [3.05, 3.63) is 102 Å². The molecule has 0 aliphatic rings. The molecule has 0 radical (unpaired) electrons. The molecule has 1 amide bonds. The number of rotatable bonds is 9. The van der Waals surface area contributed by atoms with Crippen LogP contribution in [0.15, 0.2) is 89.6 Å². The largest absolute Gasteiger partial charge is 0.494 e. The molecule has 0 aliphatic carbocycles. The molecule has 6 aromatic rings. The highest BCUT2D eigenvalue weighted by Gasteiger charge is 2.21. The average molecular weight is 577 g/mol. The predicted octanol–water partition coefficient (Wildman–Crippen LogP) is 7.37. The van der Waals surface area contributed by atoms with Crippen LogP contribution < -0.4 is 10.1 Å². The summed E-state index contributed by atoms with van der Waals surface area (Å²) in [5.41, 5.74) is 6.62. The maximum atomic E-state index is 13.0. The van der Waals surface area contributed by atoms with E-state index in [0.29, 0.717) is 22.5 Å². The standard InChI is InChI=1S/C32H28N6O3S/c1-4-15-40-25-12-8-9-23(17-25)29-26(19-38(36-29)24-10-6-5-7-11-24)31-34-35-32(42-31)33-30(39)27-18-28(41-37-27)22-14-13-20(2)21(3)16-22/h5-14,16-19H,4,15H2,1-3H3,(H,33,35,39). The number of ether oxygens (including phenoxy) is 1. The molecular formula is C32H28N6O3S. The van der Waals surface area contributed by atoms with Crippen molar-refractivity contribution < 1.29 is 14.1 Å². The van der Waals surface area contributed by atoms with Crippen molar-refractivity contribution in [2.75, 3.05) is 11.9 Å². The Kier molecular flexibility index (Phi) is 7.61.